The number of Topliss-reactive ketones (excluding diaryl/α,β-unsaturated/α-hetero) is 1. The topological polar surface area (TPSA) is 34.9 Å². The van der Waals surface area contributed by atoms with Crippen molar-refractivity contribution in [2.24, 2.45) is 0 Å². The molecule has 100 valence electrons. The van der Waals surface area contributed by atoms with Gasteiger partial charge in [0.25, 0.3) is 0 Å². The fraction of sp³-hybridized carbons (Fsp3) is 0.375. The summed E-state index contributed by atoms with van der Waals surface area (Å²) in [5.74, 6) is 0.610. The Kier molecular flexibility index (Phi) is 3.84. The number of carbonyl (C=O) groups is 1. The van der Waals surface area contributed by atoms with Crippen molar-refractivity contribution in [2.45, 2.75) is 40.2 Å². The lowest BCUT2D eigenvalue weighted by Crippen LogP contribution is -2.11. The van der Waals surface area contributed by atoms with Crippen LogP contribution in [0.3, 0.4) is 0 Å². The van der Waals surface area contributed by atoms with E-state index in [1.54, 1.807) is 6.33 Å². The number of carbonyl (C=O) groups excluding carboxylic acids is 1. The minimum Gasteiger partial charge on any atom is -0.327 e. The molecule has 0 spiro atoms. The minimum atomic E-state index is 0.121. The third-order valence-corrected chi connectivity index (χ3v) is 3.56. The molecule has 0 radical (unpaired) electrons. The third-order valence-electron chi connectivity index (χ3n) is 3.56. The van der Waals surface area contributed by atoms with E-state index in [-0.39, 0.29) is 5.78 Å². The van der Waals surface area contributed by atoms with E-state index in [0.717, 1.165) is 17.0 Å². The van der Waals surface area contributed by atoms with Crippen LogP contribution in [0.15, 0.2) is 30.6 Å². The standard InChI is InChI=1S/C16H20N2O/c1-11(2)14-5-7-15(8-6-14)16(19)9-18-10-17-12(3)13(18)4/h5-8,10-11H,9H2,1-4H3. The van der Waals surface area contributed by atoms with Crippen molar-refractivity contribution in [3.63, 3.8) is 0 Å². The third kappa shape index (κ3) is 2.92. The highest BCUT2D eigenvalue weighted by Crippen LogP contribution is 2.15. The van der Waals surface area contributed by atoms with Crippen molar-refractivity contribution < 1.29 is 4.79 Å². The van der Waals surface area contributed by atoms with Crippen molar-refractivity contribution in [1.82, 2.24) is 9.55 Å². The molecule has 2 rings (SSSR count). The molecule has 0 fully saturated rings. The molecule has 0 aliphatic carbocycles. The predicted molar refractivity (Wildman–Crippen MR) is 76.6 cm³/mol. The summed E-state index contributed by atoms with van der Waals surface area (Å²) < 4.78 is 1.90. The number of aromatic nitrogens is 2. The Labute approximate surface area is 114 Å². The molecule has 0 unspecified atom stereocenters. The Bertz CT molecular complexity index is 579. The van der Waals surface area contributed by atoms with Gasteiger partial charge >= 0.3 is 0 Å². The second-order valence-electron chi connectivity index (χ2n) is 5.24. The van der Waals surface area contributed by atoms with Gasteiger partial charge in [-0.05, 0) is 25.3 Å². The summed E-state index contributed by atoms with van der Waals surface area (Å²) >= 11 is 0. The fourth-order valence-corrected chi connectivity index (χ4v) is 2.00. The first-order valence-electron chi connectivity index (χ1n) is 6.60. The lowest BCUT2D eigenvalue weighted by Gasteiger charge is -2.08. The Balaban J connectivity index is 2.14. The summed E-state index contributed by atoms with van der Waals surface area (Å²) in [5.41, 5.74) is 4.04. The van der Waals surface area contributed by atoms with Gasteiger partial charge in [0.2, 0.25) is 0 Å². The molecule has 1 aromatic heterocycles. The maximum atomic E-state index is 12.2. The van der Waals surface area contributed by atoms with Gasteiger partial charge < -0.3 is 4.57 Å². The second-order valence-corrected chi connectivity index (χ2v) is 5.24. The molecule has 0 saturated heterocycles. The smallest absolute Gasteiger partial charge is 0.182 e. The summed E-state index contributed by atoms with van der Waals surface area (Å²) in [4.78, 5) is 16.4. The van der Waals surface area contributed by atoms with Gasteiger partial charge in [0.15, 0.2) is 5.78 Å². The number of imidazole rings is 1. The van der Waals surface area contributed by atoms with Crippen LogP contribution in [0.5, 0.6) is 0 Å². The normalized spacial score (nSPS) is 11.0. The molecule has 19 heavy (non-hydrogen) atoms. The largest absolute Gasteiger partial charge is 0.327 e. The van der Waals surface area contributed by atoms with E-state index < -0.39 is 0 Å². The van der Waals surface area contributed by atoms with E-state index in [1.807, 2.05) is 42.7 Å². The zero-order chi connectivity index (χ0) is 14.0. The maximum absolute atomic E-state index is 12.2. The molecule has 0 amide bonds. The highest BCUT2D eigenvalue weighted by atomic mass is 16.1. The number of nitrogens with zero attached hydrogens (tertiary/aromatic N) is 2. The van der Waals surface area contributed by atoms with Gasteiger partial charge in [-0.25, -0.2) is 4.98 Å². The zero-order valence-electron chi connectivity index (χ0n) is 12.0. The van der Waals surface area contributed by atoms with Crippen LogP contribution in [0.2, 0.25) is 0 Å². The molecule has 0 aliphatic heterocycles. The summed E-state index contributed by atoms with van der Waals surface area (Å²) in [6, 6.07) is 7.89. The molecular weight excluding hydrogens is 236 g/mol. The number of hydrogen-bond donors (Lipinski definition) is 0. The highest BCUT2D eigenvalue weighted by molar-refractivity contribution is 5.95. The van der Waals surface area contributed by atoms with E-state index in [1.165, 1.54) is 5.56 Å². The second kappa shape index (κ2) is 5.39. The summed E-state index contributed by atoms with van der Waals surface area (Å²) in [6.45, 7) is 8.59. The van der Waals surface area contributed by atoms with Crippen LogP contribution in [0.1, 0.15) is 47.1 Å². The number of benzene rings is 1. The molecule has 0 saturated carbocycles. The first-order chi connectivity index (χ1) is 8.99. The number of hydrogen-bond acceptors (Lipinski definition) is 2. The SMILES string of the molecule is Cc1ncn(CC(=O)c2ccc(C(C)C)cc2)c1C. The van der Waals surface area contributed by atoms with Crippen molar-refractivity contribution >= 4 is 5.78 Å². The van der Waals surface area contributed by atoms with Crippen LogP contribution in [0.4, 0.5) is 0 Å². The van der Waals surface area contributed by atoms with Crippen LogP contribution in [0.25, 0.3) is 0 Å². The molecule has 1 heterocycles. The average Bonchev–Trinajstić information content (AvgIpc) is 2.71. The lowest BCUT2D eigenvalue weighted by atomic mass is 10.0. The van der Waals surface area contributed by atoms with Crippen LogP contribution in [-0.4, -0.2) is 15.3 Å². The van der Waals surface area contributed by atoms with Gasteiger partial charge in [-0.15, -0.1) is 0 Å². The van der Waals surface area contributed by atoms with Crippen molar-refractivity contribution in [3.8, 4) is 0 Å². The molecule has 0 aliphatic rings. The Morgan fingerprint density at radius 2 is 1.84 bits per heavy atom. The molecule has 1 aromatic carbocycles. The van der Waals surface area contributed by atoms with Gasteiger partial charge in [0, 0.05) is 11.3 Å². The van der Waals surface area contributed by atoms with Crippen LogP contribution < -0.4 is 0 Å². The van der Waals surface area contributed by atoms with E-state index in [0.29, 0.717) is 12.5 Å². The van der Waals surface area contributed by atoms with Gasteiger partial charge in [0.1, 0.15) is 0 Å². The Hall–Kier alpha value is -1.90. The molecule has 0 atom stereocenters. The predicted octanol–water partition coefficient (Wildman–Crippen LogP) is 3.51. The van der Waals surface area contributed by atoms with Gasteiger partial charge in [-0.2, -0.15) is 0 Å². The molecule has 2 aromatic rings. The lowest BCUT2D eigenvalue weighted by molar-refractivity contribution is 0.0971. The van der Waals surface area contributed by atoms with E-state index in [2.05, 4.69) is 18.8 Å². The first kappa shape index (κ1) is 13.5. The van der Waals surface area contributed by atoms with Crippen molar-refractivity contribution in [3.05, 3.63) is 53.1 Å². The Morgan fingerprint density at radius 3 is 2.32 bits per heavy atom. The van der Waals surface area contributed by atoms with E-state index >= 15 is 0 Å². The minimum absolute atomic E-state index is 0.121. The average molecular weight is 256 g/mol. The summed E-state index contributed by atoms with van der Waals surface area (Å²) in [5, 5.41) is 0. The molecule has 3 nitrogen and oxygen atoms in total. The number of ketones is 1. The monoisotopic (exact) mass is 256 g/mol. The van der Waals surface area contributed by atoms with Crippen LogP contribution in [0, 0.1) is 13.8 Å². The molecular formula is C16H20N2O. The zero-order valence-corrected chi connectivity index (χ0v) is 12.0. The van der Waals surface area contributed by atoms with Crippen LogP contribution in [-0.2, 0) is 6.54 Å². The quantitative estimate of drug-likeness (QED) is 0.785. The van der Waals surface area contributed by atoms with E-state index in [9.17, 15) is 4.79 Å². The van der Waals surface area contributed by atoms with E-state index in [4.69, 9.17) is 0 Å². The van der Waals surface area contributed by atoms with Crippen molar-refractivity contribution in [1.29, 1.82) is 0 Å². The summed E-state index contributed by atoms with van der Waals surface area (Å²) in [7, 11) is 0. The molecule has 0 N–H and O–H groups in total. The van der Waals surface area contributed by atoms with Crippen molar-refractivity contribution in [2.75, 3.05) is 0 Å². The summed E-state index contributed by atoms with van der Waals surface area (Å²) in [6.07, 6.45) is 1.73. The molecule has 3 heteroatoms. The van der Waals surface area contributed by atoms with Gasteiger partial charge in [0.05, 0.1) is 18.6 Å². The fourth-order valence-electron chi connectivity index (χ4n) is 2.00. The van der Waals surface area contributed by atoms with Gasteiger partial charge in [-0.3, -0.25) is 4.79 Å². The maximum Gasteiger partial charge on any atom is 0.182 e. The Morgan fingerprint density at radius 1 is 1.21 bits per heavy atom. The first-order valence-corrected chi connectivity index (χ1v) is 6.60. The number of aryl methyl sites for hydroxylation is 1. The number of rotatable bonds is 4. The van der Waals surface area contributed by atoms with Gasteiger partial charge in [-0.1, -0.05) is 38.1 Å². The molecule has 0 bridgehead atoms. The highest BCUT2D eigenvalue weighted by Gasteiger charge is 2.10. The van der Waals surface area contributed by atoms with Crippen LogP contribution >= 0.6 is 0 Å².